The van der Waals surface area contributed by atoms with E-state index < -0.39 is 0 Å². The molecule has 2 fully saturated rings. The average molecular weight is 442 g/mol. The van der Waals surface area contributed by atoms with Crippen LogP contribution in [0.15, 0.2) is 23.2 Å². The summed E-state index contributed by atoms with van der Waals surface area (Å²) in [6.07, 6.45) is 6.54. The molecule has 6 heteroatoms. The first kappa shape index (κ1) is 19.0. The summed E-state index contributed by atoms with van der Waals surface area (Å²) < 4.78 is 13.9. The molecule has 1 N–H and O–H groups in total. The van der Waals surface area contributed by atoms with E-state index in [0.29, 0.717) is 23.1 Å². The minimum atomic E-state index is -0.291. The number of nitrogens with one attached hydrogen (secondary N) is 1. The first-order valence-corrected chi connectivity index (χ1v) is 8.30. The quantitative estimate of drug-likeness (QED) is 0.432. The van der Waals surface area contributed by atoms with Gasteiger partial charge in [-0.1, -0.05) is 12.8 Å². The first-order valence-electron chi connectivity index (χ1n) is 8.30. The van der Waals surface area contributed by atoms with Crippen molar-refractivity contribution in [1.29, 1.82) is 5.26 Å². The Labute approximate surface area is 160 Å². The van der Waals surface area contributed by atoms with Crippen LogP contribution in [-0.4, -0.2) is 31.0 Å². The predicted molar refractivity (Wildman–Crippen MR) is 104 cm³/mol. The summed E-state index contributed by atoms with van der Waals surface area (Å²) >= 11 is 0. The summed E-state index contributed by atoms with van der Waals surface area (Å²) in [6.45, 7) is 2.41. The Kier molecular flexibility index (Phi) is 6.44. The molecule has 130 valence electrons. The van der Waals surface area contributed by atoms with Crippen LogP contribution in [0.3, 0.4) is 0 Å². The van der Waals surface area contributed by atoms with Crippen LogP contribution in [0.1, 0.15) is 43.2 Å². The lowest BCUT2D eigenvalue weighted by atomic mass is 9.86. The molecule has 2 aliphatic rings. The molecule has 0 amide bonds. The second kappa shape index (κ2) is 8.15. The number of nitrogens with zero attached hydrogens (tertiary/aromatic N) is 3. The van der Waals surface area contributed by atoms with Gasteiger partial charge in [-0.2, -0.15) is 5.26 Å². The van der Waals surface area contributed by atoms with Gasteiger partial charge < -0.3 is 10.2 Å². The number of hydrogen-bond donors (Lipinski definition) is 1. The number of nitriles is 1. The van der Waals surface area contributed by atoms with Crippen LogP contribution in [0.5, 0.6) is 0 Å². The van der Waals surface area contributed by atoms with Crippen molar-refractivity contribution in [3.8, 4) is 6.07 Å². The van der Waals surface area contributed by atoms with Gasteiger partial charge in [-0.25, -0.2) is 4.39 Å². The van der Waals surface area contributed by atoms with Gasteiger partial charge in [0.2, 0.25) is 0 Å². The molecule has 1 aliphatic carbocycles. The topological polar surface area (TPSA) is 51.4 Å². The molecule has 1 heterocycles. The van der Waals surface area contributed by atoms with Crippen molar-refractivity contribution in [2.24, 2.45) is 10.4 Å². The van der Waals surface area contributed by atoms with Gasteiger partial charge in [0, 0.05) is 32.2 Å². The van der Waals surface area contributed by atoms with E-state index in [2.05, 4.69) is 15.2 Å². The van der Waals surface area contributed by atoms with Crippen molar-refractivity contribution < 1.29 is 4.39 Å². The molecule has 1 saturated heterocycles. The van der Waals surface area contributed by atoms with Crippen molar-refractivity contribution in [1.82, 2.24) is 10.2 Å². The Morgan fingerprint density at radius 3 is 2.79 bits per heavy atom. The van der Waals surface area contributed by atoms with Crippen molar-refractivity contribution in [2.45, 2.75) is 38.6 Å². The van der Waals surface area contributed by atoms with E-state index in [4.69, 9.17) is 5.26 Å². The maximum Gasteiger partial charge on any atom is 0.193 e. The number of benzene rings is 1. The minimum absolute atomic E-state index is 0. The molecule has 1 aromatic carbocycles. The van der Waals surface area contributed by atoms with Crippen LogP contribution in [-0.2, 0) is 6.54 Å². The second-order valence-corrected chi connectivity index (χ2v) is 6.70. The van der Waals surface area contributed by atoms with E-state index in [1.54, 1.807) is 13.1 Å². The summed E-state index contributed by atoms with van der Waals surface area (Å²) in [7, 11) is 1.77. The molecule has 1 spiro atoms. The minimum Gasteiger partial charge on any atom is -0.352 e. The predicted octanol–water partition coefficient (Wildman–Crippen LogP) is 3.66. The lowest BCUT2D eigenvalue weighted by molar-refractivity contribution is 0.309. The second-order valence-electron chi connectivity index (χ2n) is 6.70. The van der Waals surface area contributed by atoms with Gasteiger partial charge >= 0.3 is 0 Å². The van der Waals surface area contributed by atoms with E-state index in [1.807, 2.05) is 6.07 Å². The van der Waals surface area contributed by atoms with E-state index in [0.717, 1.165) is 19.0 Å². The van der Waals surface area contributed by atoms with E-state index >= 15 is 0 Å². The number of hydrogen-bond acceptors (Lipinski definition) is 2. The van der Waals surface area contributed by atoms with E-state index in [1.165, 1.54) is 44.2 Å². The molecule has 1 aliphatic heterocycles. The first-order chi connectivity index (χ1) is 11.2. The zero-order chi connectivity index (χ0) is 16.3. The molecule has 24 heavy (non-hydrogen) atoms. The Bertz CT molecular complexity index is 647. The number of halogens is 2. The fourth-order valence-electron chi connectivity index (χ4n) is 3.94. The zero-order valence-corrected chi connectivity index (χ0v) is 16.3. The van der Waals surface area contributed by atoms with Gasteiger partial charge in [0.1, 0.15) is 5.82 Å². The van der Waals surface area contributed by atoms with Crippen molar-refractivity contribution in [3.05, 3.63) is 35.1 Å². The highest BCUT2D eigenvalue weighted by Crippen LogP contribution is 2.45. The number of aliphatic imine (C=N–C) groups is 1. The van der Waals surface area contributed by atoms with Crippen molar-refractivity contribution >= 4 is 29.9 Å². The van der Waals surface area contributed by atoms with Gasteiger partial charge in [-0.3, -0.25) is 4.99 Å². The normalized spacial score (nSPS) is 19.2. The summed E-state index contributed by atoms with van der Waals surface area (Å²) in [5.74, 6) is 0.538. The summed E-state index contributed by atoms with van der Waals surface area (Å²) in [4.78, 5) is 6.64. The van der Waals surface area contributed by atoms with Gasteiger partial charge in [0.15, 0.2) is 5.96 Å². The lowest BCUT2D eigenvalue weighted by Crippen LogP contribution is -2.40. The number of likely N-dealkylation sites (tertiary alicyclic amines) is 1. The highest BCUT2D eigenvalue weighted by molar-refractivity contribution is 14.0. The molecule has 1 saturated carbocycles. The zero-order valence-electron chi connectivity index (χ0n) is 14.0. The van der Waals surface area contributed by atoms with Crippen LogP contribution in [0, 0.1) is 22.6 Å². The fourth-order valence-corrected chi connectivity index (χ4v) is 3.94. The Morgan fingerprint density at radius 2 is 2.12 bits per heavy atom. The smallest absolute Gasteiger partial charge is 0.193 e. The van der Waals surface area contributed by atoms with Crippen LogP contribution < -0.4 is 5.32 Å². The van der Waals surface area contributed by atoms with Crippen LogP contribution in [0.2, 0.25) is 0 Å². The maximum atomic E-state index is 13.9. The van der Waals surface area contributed by atoms with Gasteiger partial charge in [0.05, 0.1) is 11.6 Å². The Hall–Kier alpha value is -1.36. The molecule has 0 aromatic heterocycles. The fraction of sp³-hybridized carbons (Fsp3) is 0.556. The summed E-state index contributed by atoms with van der Waals surface area (Å²) in [5.41, 5.74) is 1.45. The van der Waals surface area contributed by atoms with Gasteiger partial charge in [-0.15, -0.1) is 24.0 Å². The third-order valence-corrected chi connectivity index (χ3v) is 5.23. The molecule has 0 atom stereocenters. The number of rotatable bonds is 2. The molecule has 0 unspecified atom stereocenters. The molecule has 3 rings (SSSR count). The molecule has 4 nitrogen and oxygen atoms in total. The lowest BCUT2D eigenvalue weighted by Gasteiger charge is -2.26. The van der Waals surface area contributed by atoms with Crippen molar-refractivity contribution in [3.63, 3.8) is 0 Å². The SMILES string of the molecule is CN=C(NCc1cc(C#N)ccc1F)N1CCC2(CCCC2)C1.I. The molecule has 0 bridgehead atoms. The number of guanidine groups is 1. The monoisotopic (exact) mass is 442 g/mol. The van der Waals surface area contributed by atoms with Gasteiger partial charge in [-0.05, 0) is 42.9 Å². The Balaban J connectivity index is 0.00000208. The highest BCUT2D eigenvalue weighted by atomic mass is 127. The standard InChI is InChI=1S/C18H23FN4.HI/c1-21-17(23-9-8-18(13-23)6-2-3-7-18)22-12-15-10-14(11-20)4-5-16(15)19;/h4-5,10H,2-3,6-9,12-13H2,1H3,(H,21,22);1H. The maximum absolute atomic E-state index is 13.9. The van der Waals surface area contributed by atoms with Crippen molar-refractivity contribution in [2.75, 3.05) is 20.1 Å². The van der Waals surface area contributed by atoms with Gasteiger partial charge in [0.25, 0.3) is 0 Å². The third kappa shape index (κ3) is 4.00. The van der Waals surface area contributed by atoms with E-state index in [-0.39, 0.29) is 29.8 Å². The van der Waals surface area contributed by atoms with E-state index in [9.17, 15) is 4.39 Å². The Morgan fingerprint density at radius 1 is 1.38 bits per heavy atom. The van der Waals surface area contributed by atoms with Crippen LogP contribution in [0.4, 0.5) is 4.39 Å². The van der Waals surface area contributed by atoms with Crippen LogP contribution in [0.25, 0.3) is 0 Å². The summed E-state index contributed by atoms with van der Waals surface area (Å²) in [6, 6.07) is 6.49. The highest BCUT2D eigenvalue weighted by Gasteiger charge is 2.41. The molecule has 1 aromatic rings. The van der Waals surface area contributed by atoms with Crippen LogP contribution >= 0.6 is 24.0 Å². The summed E-state index contributed by atoms with van der Waals surface area (Å²) in [5, 5.41) is 12.2. The molecular formula is C18H24FIN4. The molecule has 0 radical (unpaired) electrons. The largest absolute Gasteiger partial charge is 0.352 e. The molecular weight excluding hydrogens is 418 g/mol. The average Bonchev–Trinajstić information content (AvgIpc) is 3.20. The third-order valence-electron chi connectivity index (χ3n) is 5.23.